The lowest BCUT2D eigenvalue weighted by Crippen LogP contribution is -2.45. The van der Waals surface area contributed by atoms with Gasteiger partial charge in [0.05, 0.1) is 12.5 Å². The minimum Gasteiger partial charge on any atom is -0.465 e. The second-order valence-corrected chi connectivity index (χ2v) is 4.14. The first kappa shape index (κ1) is 9.71. The van der Waals surface area contributed by atoms with Gasteiger partial charge in [0.2, 0.25) is 0 Å². The van der Waals surface area contributed by atoms with Gasteiger partial charge in [0, 0.05) is 19.0 Å². The minimum absolute atomic E-state index is 0.00116. The number of hydrogen-bond acceptors (Lipinski definition) is 3. The molecule has 1 fully saturated rings. The number of rotatable bonds is 3. The Balaban J connectivity index is 1.68. The Bertz CT molecular complexity index is 233. The summed E-state index contributed by atoms with van der Waals surface area (Å²) in [5, 5.41) is 3.16. The molecule has 0 bridgehead atoms. The van der Waals surface area contributed by atoms with Crippen molar-refractivity contribution >= 4 is 5.97 Å². The summed E-state index contributed by atoms with van der Waals surface area (Å²) in [6.07, 6.45) is 7.06. The molecule has 1 saturated heterocycles. The van der Waals surface area contributed by atoms with Crippen LogP contribution in [0.15, 0.2) is 12.2 Å². The fourth-order valence-electron chi connectivity index (χ4n) is 1.79. The Kier molecular flexibility index (Phi) is 3.19. The number of nitrogens with one attached hydrogen (secondary N) is 1. The first-order valence-electron chi connectivity index (χ1n) is 5.38. The molecule has 14 heavy (non-hydrogen) atoms. The molecular weight excluding hydrogens is 178 g/mol. The van der Waals surface area contributed by atoms with E-state index in [0.717, 1.165) is 32.4 Å². The van der Waals surface area contributed by atoms with Crippen LogP contribution in [0.2, 0.25) is 0 Å². The van der Waals surface area contributed by atoms with E-state index in [1.807, 2.05) is 0 Å². The summed E-state index contributed by atoms with van der Waals surface area (Å²) in [5.41, 5.74) is 0. The van der Waals surface area contributed by atoms with Gasteiger partial charge in [-0.3, -0.25) is 4.79 Å². The van der Waals surface area contributed by atoms with Gasteiger partial charge >= 0.3 is 5.97 Å². The Morgan fingerprint density at radius 3 is 2.86 bits per heavy atom. The van der Waals surface area contributed by atoms with Crippen LogP contribution < -0.4 is 5.32 Å². The smallest absolute Gasteiger partial charge is 0.309 e. The number of carbonyl (C=O) groups is 1. The van der Waals surface area contributed by atoms with E-state index in [1.54, 1.807) is 0 Å². The van der Waals surface area contributed by atoms with E-state index in [-0.39, 0.29) is 11.9 Å². The van der Waals surface area contributed by atoms with Crippen molar-refractivity contribution < 1.29 is 9.53 Å². The Morgan fingerprint density at radius 1 is 1.43 bits per heavy atom. The van der Waals surface area contributed by atoms with E-state index in [4.69, 9.17) is 4.74 Å². The summed E-state index contributed by atoms with van der Waals surface area (Å²) in [7, 11) is 0. The third-order valence-corrected chi connectivity index (χ3v) is 2.93. The number of carbonyl (C=O) groups excluding carboxylic acids is 1. The summed E-state index contributed by atoms with van der Waals surface area (Å²) in [6, 6.07) is 0. The number of ether oxygens (including phenoxy) is 1. The lowest BCUT2D eigenvalue weighted by atomic mass is 9.94. The molecule has 2 aliphatic rings. The van der Waals surface area contributed by atoms with Crippen LogP contribution in [0.5, 0.6) is 0 Å². The zero-order chi connectivity index (χ0) is 9.80. The first-order chi connectivity index (χ1) is 6.86. The maximum absolute atomic E-state index is 11.6. The van der Waals surface area contributed by atoms with Crippen molar-refractivity contribution in [1.29, 1.82) is 0 Å². The summed E-state index contributed by atoms with van der Waals surface area (Å²) in [4.78, 5) is 11.6. The molecule has 0 amide bonds. The molecule has 0 saturated carbocycles. The molecule has 1 N–H and O–H groups in total. The van der Waals surface area contributed by atoms with Crippen LogP contribution >= 0.6 is 0 Å². The van der Waals surface area contributed by atoms with Crippen molar-refractivity contribution in [2.75, 3.05) is 19.7 Å². The SMILES string of the molecule is O=C(OCC1CNC1)C1CC=CCC1. The van der Waals surface area contributed by atoms with Crippen LogP contribution in [-0.4, -0.2) is 25.7 Å². The van der Waals surface area contributed by atoms with Gasteiger partial charge in [0.25, 0.3) is 0 Å². The largest absolute Gasteiger partial charge is 0.465 e. The Labute approximate surface area is 84.5 Å². The van der Waals surface area contributed by atoms with E-state index in [1.165, 1.54) is 0 Å². The average Bonchev–Trinajstić information content (AvgIpc) is 2.16. The first-order valence-corrected chi connectivity index (χ1v) is 5.38. The minimum atomic E-state index is 0.00116. The molecule has 1 heterocycles. The maximum Gasteiger partial charge on any atom is 0.309 e. The zero-order valence-electron chi connectivity index (χ0n) is 8.37. The molecule has 1 aliphatic carbocycles. The molecule has 0 radical (unpaired) electrons. The molecular formula is C11H17NO2. The normalized spacial score (nSPS) is 27.0. The predicted molar refractivity (Wildman–Crippen MR) is 53.8 cm³/mol. The van der Waals surface area contributed by atoms with Gasteiger partial charge in [0.1, 0.15) is 0 Å². The molecule has 78 valence electrons. The molecule has 0 aromatic rings. The third-order valence-electron chi connectivity index (χ3n) is 2.93. The van der Waals surface area contributed by atoms with Crippen LogP contribution in [0.1, 0.15) is 19.3 Å². The molecule has 3 heteroatoms. The Morgan fingerprint density at radius 2 is 2.29 bits per heavy atom. The molecule has 0 aromatic carbocycles. The molecule has 0 spiro atoms. The quantitative estimate of drug-likeness (QED) is 0.541. The predicted octanol–water partition coefficient (Wildman–Crippen LogP) is 1.11. The average molecular weight is 195 g/mol. The maximum atomic E-state index is 11.6. The zero-order valence-corrected chi connectivity index (χ0v) is 8.37. The van der Waals surface area contributed by atoms with Gasteiger partial charge in [-0.05, 0) is 19.3 Å². The van der Waals surface area contributed by atoms with Crippen molar-refractivity contribution in [1.82, 2.24) is 5.32 Å². The Hall–Kier alpha value is -0.830. The van der Waals surface area contributed by atoms with Gasteiger partial charge in [-0.2, -0.15) is 0 Å². The molecule has 1 aliphatic heterocycles. The van der Waals surface area contributed by atoms with Crippen molar-refractivity contribution in [2.45, 2.75) is 19.3 Å². The van der Waals surface area contributed by atoms with Crippen molar-refractivity contribution in [2.24, 2.45) is 11.8 Å². The van der Waals surface area contributed by atoms with Crippen LogP contribution in [0.3, 0.4) is 0 Å². The highest BCUT2D eigenvalue weighted by atomic mass is 16.5. The van der Waals surface area contributed by atoms with Gasteiger partial charge in [0.15, 0.2) is 0 Å². The monoisotopic (exact) mass is 195 g/mol. The fourth-order valence-corrected chi connectivity index (χ4v) is 1.79. The third kappa shape index (κ3) is 2.35. The van der Waals surface area contributed by atoms with Crippen LogP contribution in [0, 0.1) is 11.8 Å². The second-order valence-electron chi connectivity index (χ2n) is 4.14. The molecule has 2 rings (SSSR count). The van der Waals surface area contributed by atoms with Gasteiger partial charge in [-0.25, -0.2) is 0 Å². The van der Waals surface area contributed by atoms with E-state index in [0.29, 0.717) is 12.5 Å². The molecule has 1 atom stereocenters. The number of allylic oxidation sites excluding steroid dienone is 2. The van der Waals surface area contributed by atoms with E-state index >= 15 is 0 Å². The van der Waals surface area contributed by atoms with Crippen molar-refractivity contribution in [3.05, 3.63) is 12.2 Å². The lowest BCUT2D eigenvalue weighted by molar-refractivity contribution is -0.150. The summed E-state index contributed by atoms with van der Waals surface area (Å²) >= 11 is 0. The highest BCUT2D eigenvalue weighted by Gasteiger charge is 2.23. The van der Waals surface area contributed by atoms with Gasteiger partial charge < -0.3 is 10.1 Å². The highest BCUT2D eigenvalue weighted by Crippen LogP contribution is 2.19. The topological polar surface area (TPSA) is 38.3 Å². The molecule has 3 nitrogen and oxygen atoms in total. The standard InChI is InChI=1S/C11H17NO2/c13-11(10-4-2-1-3-5-10)14-8-9-6-12-7-9/h1-2,9-10,12H,3-8H2. The van der Waals surface area contributed by atoms with E-state index in [2.05, 4.69) is 17.5 Å². The summed E-state index contributed by atoms with van der Waals surface area (Å²) in [6.45, 7) is 2.60. The summed E-state index contributed by atoms with van der Waals surface area (Å²) < 4.78 is 5.27. The molecule has 1 unspecified atom stereocenters. The van der Waals surface area contributed by atoms with Gasteiger partial charge in [-0.15, -0.1) is 0 Å². The van der Waals surface area contributed by atoms with Crippen molar-refractivity contribution in [3.8, 4) is 0 Å². The number of esters is 1. The number of hydrogen-bond donors (Lipinski definition) is 1. The van der Waals surface area contributed by atoms with Crippen molar-refractivity contribution in [3.63, 3.8) is 0 Å². The van der Waals surface area contributed by atoms with Crippen LogP contribution in [-0.2, 0) is 9.53 Å². The van der Waals surface area contributed by atoms with E-state index in [9.17, 15) is 4.79 Å². The van der Waals surface area contributed by atoms with Crippen LogP contribution in [0.25, 0.3) is 0 Å². The van der Waals surface area contributed by atoms with Gasteiger partial charge in [-0.1, -0.05) is 12.2 Å². The molecule has 0 aromatic heterocycles. The second kappa shape index (κ2) is 4.60. The van der Waals surface area contributed by atoms with E-state index < -0.39 is 0 Å². The lowest BCUT2D eigenvalue weighted by Gasteiger charge is -2.27. The highest BCUT2D eigenvalue weighted by molar-refractivity contribution is 5.72. The fraction of sp³-hybridized carbons (Fsp3) is 0.727. The summed E-state index contributed by atoms with van der Waals surface area (Å²) in [5.74, 6) is 0.673. The van der Waals surface area contributed by atoms with Crippen LogP contribution in [0.4, 0.5) is 0 Å².